The zero-order valence-electron chi connectivity index (χ0n) is 12.1. The van der Waals surface area contributed by atoms with E-state index in [4.69, 9.17) is 15.2 Å². The highest BCUT2D eigenvalue weighted by Crippen LogP contribution is 2.33. The fraction of sp³-hybridized carbons (Fsp3) is 0.188. The topological polar surface area (TPSA) is 61.5 Å². The van der Waals surface area contributed by atoms with E-state index in [1.807, 2.05) is 13.0 Å². The van der Waals surface area contributed by atoms with Crippen LogP contribution in [0.4, 0.5) is 5.69 Å². The Balaban J connectivity index is 2.60. The van der Waals surface area contributed by atoms with Crippen molar-refractivity contribution in [2.75, 3.05) is 20.0 Å². The highest BCUT2D eigenvalue weighted by Gasteiger charge is 2.20. The van der Waals surface area contributed by atoms with E-state index in [2.05, 4.69) is 15.9 Å². The van der Waals surface area contributed by atoms with Crippen molar-refractivity contribution in [3.63, 3.8) is 0 Å². The van der Waals surface area contributed by atoms with Gasteiger partial charge in [-0.1, -0.05) is 22.0 Å². The average molecular weight is 350 g/mol. The first-order chi connectivity index (χ1) is 9.99. The van der Waals surface area contributed by atoms with Gasteiger partial charge in [0.2, 0.25) is 5.78 Å². The van der Waals surface area contributed by atoms with Crippen molar-refractivity contribution in [3.8, 4) is 11.5 Å². The Bertz CT molecular complexity index is 698. The van der Waals surface area contributed by atoms with E-state index in [1.54, 1.807) is 24.3 Å². The summed E-state index contributed by atoms with van der Waals surface area (Å²) in [6.45, 7) is 1.93. The van der Waals surface area contributed by atoms with Gasteiger partial charge in [-0.2, -0.15) is 0 Å². The molecule has 0 aliphatic carbocycles. The summed E-state index contributed by atoms with van der Waals surface area (Å²) in [5, 5.41) is 0. The first-order valence-corrected chi connectivity index (χ1v) is 7.10. The zero-order valence-corrected chi connectivity index (χ0v) is 13.7. The molecule has 0 fully saturated rings. The van der Waals surface area contributed by atoms with Crippen molar-refractivity contribution in [1.82, 2.24) is 0 Å². The number of ketones is 1. The van der Waals surface area contributed by atoms with Gasteiger partial charge in [0.05, 0.1) is 31.0 Å². The number of rotatable bonds is 4. The third-order valence-electron chi connectivity index (χ3n) is 3.22. The summed E-state index contributed by atoms with van der Waals surface area (Å²) in [4.78, 5) is 12.8. The van der Waals surface area contributed by atoms with Crippen LogP contribution < -0.4 is 15.2 Å². The Morgan fingerprint density at radius 1 is 1.14 bits per heavy atom. The molecule has 0 radical (unpaired) electrons. The van der Waals surface area contributed by atoms with E-state index < -0.39 is 0 Å². The molecule has 110 valence electrons. The fourth-order valence-electron chi connectivity index (χ4n) is 2.11. The predicted molar refractivity (Wildman–Crippen MR) is 86.3 cm³/mol. The van der Waals surface area contributed by atoms with Crippen molar-refractivity contribution >= 4 is 27.4 Å². The van der Waals surface area contributed by atoms with E-state index in [0.717, 1.165) is 10.0 Å². The maximum absolute atomic E-state index is 12.8. The SMILES string of the molecule is COc1cc(C)c(Br)cc1C(=O)c1cccc(N)c1OC. The Morgan fingerprint density at radius 2 is 1.86 bits per heavy atom. The van der Waals surface area contributed by atoms with Crippen molar-refractivity contribution in [2.24, 2.45) is 0 Å². The van der Waals surface area contributed by atoms with E-state index in [0.29, 0.717) is 28.3 Å². The minimum atomic E-state index is -0.197. The number of aryl methyl sites for hydroxylation is 1. The molecule has 0 unspecified atom stereocenters. The van der Waals surface area contributed by atoms with Gasteiger partial charge in [0.1, 0.15) is 5.75 Å². The molecule has 0 aliphatic heterocycles. The second-order valence-electron chi connectivity index (χ2n) is 4.56. The summed E-state index contributed by atoms with van der Waals surface area (Å²) in [5.74, 6) is 0.697. The number of methoxy groups -OCH3 is 2. The molecule has 2 aromatic rings. The normalized spacial score (nSPS) is 10.3. The van der Waals surface area contributed by atoms with Crippen molar-refractivity contribution in [3.05, 3.63) is 51.5 Å². The number of hydrogen-bond donors (Lipinski definition) is 1. The third kappa shape index (κ3) is 2.88. The lowest BCUT2D eigenvalue weighted by atomic mass is 9.99. The molecule has 0 heterocycles. The van der Waals surface area contributed by atoms with E-state index in [1.165, 1.54) is 14.2 Å². The van der Waals surface area contributed by atoms with Crippen LogP contribution in [0, 0.1) is 6.92 Å². The van der Waals surface area contributed by atoms with Crippen LogP contribution in [0.1, 0.15) is 21.5 Å². The fourth-order valence-corrected chi connectivity index (χ4v) is 2.45. The molecule has 0 spiro atoms. The van der Waals surface area contributed by atoms with E-state index in [9.17, 15) is 4.79 Å². The minimum Gasteiger partial charge on any atom is -0.496 e. The first kappa shape index (κ1) is 15.4. The standard InChI is InChI=1S/C16H16BrNO3/c1-9-7-14(20-2)11(8-12(9)17)15(19)10-5-4-6-13(18)16(10)21-3/h4-8H,18H2,1-3H3. The summed E-state index contributed by atoms with van der Waals surface area (Å²) in [7, 11) is 3.03. The number of halogens is 1. The Morgan fingerprint density at radius 3 is 2.48 bits per heavy atom. The van der Waals surface area contributed by atoms with E-state index >= 15 is 0 Å². The number of anilines is 1. The molecular weight excluding hydrogens is 334 g/mol. The lowest BCUT2D eigenvalue weighted by molar-refractivity contribution is 0.103. The maximum Gasteiger partial charge on any atom is 0.200 e. The van der Waals surface area contributed by atoms with Crippen LogP contribution in [0.3, 0.4) is 0 Å². The van der Waals surface area contributed by atoms with Gasteiger partial charge < -0.3 is 15.2 Å². The smallest absolute Gasteiger partial charge is 0.200 e. The van der Waals surface area contributed by atoms with Crippen LogP contribution >= 0.6 is 15.9 Å². The monoisotopic (exact) mass is 349 g/mol. The molecule has 0 atom stereocenters. The molecule has 0 amide bonds. The predicted octanol–water partition coefficient (Wildman–Crippen LogP) is 3.59. The molecule has 5 heteroatoms. The van der Waals surface area contributed by atoms with Crippen LogP contribution in [0.25, 0.3) is 0 Å². The van der Waals surface area contributed by atoms with Gasteiger partial charge in [-0.25, -0.2) is 0 Å². The summed E-state index contributed by atoms with van der Waals surface area (Å²) in [5.41, 5.74) is 8.13. The number of ether oxygens (including phenoxy) is 2. The number of para-hydroxylation sites is 1. The molecule has 2 aromatic carbocycles. The van der Waals surface area contributed by atoms with Crippen molar-refractivity contribution in [2.45, 2.75) is 6.92 Å². The lowest BCUT2D eigenvalue weighted by Gasteiger charge is -2.13. The average Bonchev–Trinajstić information content (AvgIpc) is 2.48. The highest BCUT2D eigenvalue weighted by atomic mass is 79.9. The summed E-state index contributed by atoms with van der Waals surface area (Å²) in [6.07, 6.45) is 0. The van der Waals surface area contributed by atoms with Crippen LogP contribution in [0.2, 0.25) is 0 Å². The molecule has 0 saturated carbocycles. The number of benzene rings is 2. The molecule has 21 heavy (non-hydrogen) atoms. The summed E-state index contributed by atoms with van der Waals surface area (Å²) >= 11 is 3.44. The van der Waals surface area contributed by atoms with Crippen LogP contribution in [-0.2, 0) is 0 Å². The molecule has 2 N–H and O–H groups in total. The number of nitrogen functional groups attached to an aromatic ring is 1. The Labute approximate surface area is 132 Å². The number of carbonyl (C=O) groups excluding carboxylic acids is 1. The number of hydrogen-bond acceptors (Lipinski definition) is 4. The number of nitrogens with two attached hydrogens (primary N) is 1. The molecule has 0 bridgehead atoms. The Kier molecular flexibility index (Phi) is 4.53. The summed E-state index contributed by atoms with van der Waals surface area (Å²) < 4.78 is 11.4. The van der Waals surface area contributed by atoms with Gasteiger partial charge in [-0.15, -0.1) is 0 Å². The van der Waals surface area contributed by atoms with Crippen molar-refractivity contribution < 1.29 is 14.3 Å². The number of carbonyl (C=O) groups is 1. The van der Waals surface area contributed by atoms with Gasteiger partial charge in [0.15, 0.2) is 5.75 Å². The minimum absolute atomic E-state index is 0.197. The zero-order chi connectivity index (χ0) is 15.6. The largest absolute Gasteiger partial charge is 0.496 e. The first-order valence-electron chi connectivity index (χ1n) is 6.31. The molecular formula is C16H16BrNO3. The van der Waals surface area contributed by atoms with Crippen LogP contribution in [0.15, 0.2) is 34.8 Å². The van der Waals surface area contributed by atoms with Crippen molar-refractivity contribution in [1.29, 1.82) is 0 Å². The highest BCUT2D eigenvalue weighted by molar-refractivity contribution is 9.10. The summed E-state index contributed by atoms with van der Waals surface area (Å²) in [6, 6.07) is 8.67. The lowest BCUT2D eigenvalue weighted by Crippen LogP contribution is -2.08. The maximum atomic E-state index is 12.8. The molecule has 0 saturated heterocycles. The van der Waals surface area contributed by atoms with Gasteiger partial charge >= 0.3 is 0 Å². The Hall–Kier alpha value is -2.01. The molecule has 4 nitrogen and oxygen atoms in total. The molecule has 2 rings (SSSR count). The van der Waals surface area contributed by atoms with Crippen LogP contribution in [0.5, 0.6) is 11.5 Å². The second-order valence-corrected chi connectivity index (χ2v) is 5.41. The van der Waals surface area contributed by atoms with Gasteiger partial charge in [-0.05, 0) is 36.8 Å². The van der Waals surface area contributed by atoms with E-state index in [-0.39, 0.29) is 5.78 Å². The quantitative estimate of drug-likeness (QED) is 0.676. The van der Waals surface area contributed by atoms with Crippen LogP contribution in [-0.4, -0.2) is 20.0 Å². The molecule has 0 aromatic heterocycles. The molecule has 0 aliphatic rings. The van der Waals surface area contributed by atoms with Gasteiger partial charge in [0, 0.05) is 4.47 Å². The van der Waals surface area contributed by atoms with Gasteiger partial charge in [-0.3, -0.25) is 4.79 Å². The van der Waals surface area contributed by atoms with Gasteiger partial charge in [0.25, 0.3) is 0 Å². The third-order valence-corrected chi connectivity index (χ3v) is 4.07. The second kappa shape index (κ2) is 6.18.